The second kappa shape index (κ2) is 8.47. The van der Waals surface area contributed by atoms with Crippen molar-refractivity contribution in [2.75, 3.05) is 18.5 Å². The minimum Gasteiger partial charge on any atom is -0.348 e. The molecule has 2 aromatic heterocycles. The number of nitrogens with one attached hydrogen (secondary N) is 1. The van der Waals surface area contributed by atoms with Gasteiger partial charge in [-0.3, -0.25) is 9.78 Å². The van der Waals surface area contributed by atoms with Gasteiger partial charge < -0.3 is 19.4 Å². The Morgan fingerprint density at radius 3 is 2.58 bits per heavy atom. The van der Waals surface area contributed by atoms with Crippen molar-refractivity contribution in [1.82, 2.24) is 9.55 Å². The van der Waals surface area contributed by atoms with E-state index in [1.165, 1.54) is 0 Å². The fourth-order valence-electron chi connectivity index (χ4n) is 4.70. The van der Waals surface area contributed by atoms with Crippen molar-refractivity contribution < 1.29 is 14.3 Å². The molecule has 5 rings (SSSR count). The van der Waals surface area contributed by atoms with Crippen LogP contribution < -0.4 is 5.32 Å². The number of ether oxygens (including phenoxy) is 2. The number of carbonyl (C=O) groups is 1. The molecular formula is C26H26N4O3. The van der Waals surface area contributed by atoms with Crippen LogP contribution in [-0.2, 0) is 14.9 Å². The maximum Gasteiger partial charge on any atom is 0.257 e. The second-order valence-corrected chi connectivity index (χ2v) is 8.83. The molecule has 1 spiro atoms. The monoisotopic (exact) mass is 442 g/mol. The minimum absolute atomic E-state index is 0.207. The number of hydrogen-bond acceptors (Lipinski definition) is 5. The van der Waals surface area contributed by atoms with Crippen molar-refractivity contribution in [3.05, 3.63) is 77.9 Å². The van der Waals surface area contributed by atoms with Crippen LogP contribution in [0.3, 0.4) is 0 Å². The number of aryl methyl sites for hydroxylation is 1. The molecule has 1 aliphatic heterocycles. The van der Waals surface area contributed by atoms with Gasteiger partial charge in [0, 0.05) is 30.9 Å². The maximum absolute atomic E-state index is 12.7. The Labute approximate surface area is 193 Å². The molecule has 2 aliphatic rings. The number of rotatable bonds is 4. The summed E-state index contributed by atoms with van der Waals surface area (Å²) in [7, 11) is 0. The van der Waals surface area contributed by atoms with Crippen molar-refractivity contribution >= 4 is 11.6 Å². The third kappa shape index (κ3) is 4.15. The molecule has 1 N–H and O–H groups in total. The summed E-state index contributed by atoms with van der Waals surface area (Å²) in [5.74, 6) is -0.732. The van der Waals surface area contributed by atoms with Crippen LogP contribution in [0, 0.1) is 18.3 Å². The SMILES string of the molecule is Cc1cccc(-n2ccc(C(=O)Nc3ccc(C4(C#N)CCC5(CC4)OCCO5)nc3)c2)c1. The van der Waals surface area contributed by atoms with Crippen LogP contribution >= 0.6 is 0 Å². The van der Waals surface area contributed by atoms with Gasteiger partial charge in [0.05, 0.1) is 47.8 Å². The molecule has 2 fully saturated rings. The highest BCUT2D eigenvalue weighted by Gasteiger charge is 2.48. The number of aromatic nitrogens is 2. The van der Waals surface area contributed by atoms with E-state index in [9.17, 15) is 10.1 Å². The van der Waals surface area contributed by atoms with Gasteiger partial charge in [0.2, 0.25) is 0 Å². The lowest BCUT2D eigenvalue weighted by Crippen LogP contribution is -2.41. The third-order valence-electron chi connectivity index (χ3n) is 6.66. The predicted molar refractivity (Wildman–Crippen MR) is 123 cm³/mol. The fraction of sp³-hybridized carbons (Fsp3) is 0.346. The molecule has 0 radical (unpaired) electrons. The van der Waals surface area contributed by atoms with Gasteiger partial charge in [-0.25, -0.2) is 0 Å². The van der Waals surface area contributed by atoms with E-state index in [1.807, 2.05) is 54.2 Å². The maximum atomic E-state index is 12.7. The average molecular weight is 443 g/mol. The largest absolute Gasteiger partial charge is 0.348 e. The number of carbonyl (C=O) groups excluding carboxylic acids is 1. The standard InChI is InChI=1S/C26H26N4O3/c1-19-3-2-4-22(15-19)30-12-7-20(17-30)24(31)29-21-5-6-23(28-16-21)25(18-27)8-10-26(11-9-25)32-13-14-33-26/h2-7,12,15-17H,8-11,13-14H2,1H3,(H,29,31). The van der Waals surface area contributed by atoms with Gasteiger partial charge in [-0.05, 0) is 55.7 Å². The van der Waals surface area contributed by atoms with E-state index in [2.05, 4.69) is 22.4 Å². The summed E-state index contributed by atoms with van der Waals surface area (Å²) in [4.78, 5) is 17.3. The number of nitriles is 1. The molecule has 0 unspecified atom stereocenters. The van der Waals surface area contributed by atoms with Crippen LogP contribution in [0.5, 0.6) is 0 Å². The number of nitrogens with zero attached hydrogens (tertiary/aromatic N) is 3. The molecule has 1 saturated carbocycles. The van der Waals surface area contributed by atoms with Crippen LogP contribution in [0.15, 0.2) is 61.1 Å². The predicted octanol–water partition coefficient (Wildman–Crippen LogP) is 4.51. The zero-order chi connectivity index (χ0) is 22.9. The van der Waals surface area contributed by atoms with Gasteiger partial charge in [0.25, 0.3) is 5.91 Å². The summed E-state index contributed by atoms with van der Waals surface area (Å²) >= 11 is 0. The number of anilines is 1. The van der Waals surface area contributed by atoms with Crippen LogP contribution in [0.25, 0.3) is 5.69 Å². The van der Waals surface area contributed by atoms with E-state index in [0.29, 0.717) is 50.1 Å². The Morgan fingerprint density at radius 2 is 1.91 bits per heavy atom. The molecule has 168 valence electrons. The first-order chi connectivity index (χ1) is 16.0. The van der Waals surface area contributed by atoms with E-state index < -0.39 is 11.2 Å². The zero-order valence-corrected chi connectivity index (χ0v) is 18.6. The Kier molecular flexibility index (Phi) is 5.49. The van der Waals surface area contributed by atoms with Crippen molar-refractivity contribution in [3.8, 4) is 11.8 Å². The summed E-state index contributed by atoms with van der Waals surface area (Å²) in [6.07, 6.45) is 7.93. The highest BCUT2D eigenvalue weighted by Crippen LogP contribution is 2.45. The molecule has 1 aromatic carbocycles. The first-order valence-electron chi connectivity index (χ1n) is 11.2. The van der Waals surface area contributed by atoms with Gasteiger partial charge in [-0.15, -0.1) is 0 Å². The zero-order valence-electron chi connectivity index (χ0n) is 18.6. The molecule has 0 atom stereocenters. The van der Waals surface area contributed by atoms with Crippen LogP contribution in [-0.4, -0.2) is 34.5 Å². The number of benzene rings is 1. The highest BCUT2D eigenvalue weighted by atomic mass is 16.7. The molecule has 3 aromatic rings. The molecule has 7 heteroatoms. The minimum atomic E-state index is -0.659. The van der Waals surface area contributed by atoms with Crippen molar-refractivity contribution in [1.29, 1.82) is 5.26 Å². The first kappa shape index (κ1) is 21.4. The van der Waals surface area contributed by atoms with E-state index in [0.717, 1.165) is 16.9 Å². The Balaban J connectivity index is 1.26. The molecule has 1 amide bonds. The van der Waals surface area contributed by atoms with Gasteiger partial charge in [0.15, 0.2) is 5.79 Å². The molecule has 7 nitrogen and oxygen atoms in total. The lowest BCUT2D eigenvalue weighted by Gasteiger charge is -2.39. The Bertz CT molecular complexity index is 1190. The highest BCUT2D eigenvalue weighted by molar-refractivity contribution is 6.04. The molecule has 3 heterocycles. The number of amides is 1. The lowest BCUT2D eigenvalue weighted by atomic mass is 9.70. The second-order valence-electron chi connectivity index (χ2n) is 8.83. The summed E-state index contributed by atoms with van der Waals surface area (Å²) in [6, 6.07) is 16.0. The third-order valence-corrected chi connectivity index (χ3v) is 6.66. The van der Waals surface area contributed by atoms with Crippen LogP contribution in [0.1, 0.15) is 47.3 Å². The normalized spacial score (nSPS) is 18.7. The van der Waals surface area contributed by atoms with Gasteiger partial charge >= 0.3 is 0 Å². The smallest absolute Gasteiger partial charge is 0.257 e. The molecule has 1 aliphatic carbocycles. The number of hydrogen-bond donors (Lipinski definition) is 1. The van der Waals surface area contributed by atoms with E-state index in [4.69, 9.17) is 9.47 Å². The summed E-state index contributed by atoms with van der Waals surface area (Å²) < 4.78 is 13.5. The summed E-state index contributed by atoms with van der Waals surface area (Å²) in [5, 5.41) is 12.9. The molecule has 33 heavy (non-hydrogen) atoms. The molecule has 0 bridgehead atoms. The van der Waals surface area contributed by atoms with Crippen LogP contribution in [0.2, 0.25) is 0 Å². The topological polar surface area (TPSA) is 89.2 Å². The Hall–Kier alpha value is -3.47. The quantitative estimate of drug-likeness (QED) is 0.642. The number of pyridine rings is 1. The van der Waals surface area contributed by atoms with Crippen molar-refractivity contribution in [2.24, 2.45) is 0 Å². The van der Waals surface area contributed by atoms with Crippen molar-refractivity contribution in [3.63, 3.8) is 0 Å². The fourth-order valence-corrected chi connectivity index (χ4v) is 4.70. The van der Waals surface area contributed by atoms with Gasteiger partial charge in [0.1, 0.15) is 0 Å². The van der Waals surface area contributed by atoms with Crippen molar-refractivity contribution in [2.45, 2.75) is 43.8 Å². The summed E-state index contributed by atoms with van der Waals surface area (Å²) in [6.45, 7) is 3.26. The first-order valence-corrected chi connectivity index (χ1v) is 11.2. The van der Waals surface area contributed by atoms with Gasteiger partial charge in [-0.2, -0.15) is 5.26 Å². The average Bonchev–Trinajstić information content (AvgIpc) is 3.51. The molecular weight excluding hydrogens is 416 g/mol. The van der Waals surface area contributed by atoms with Crippen LogP contribution in [0.4, 0.5) is 5.69 Å². The van der Waals surface area contributed by atoms with E-state index in [1.54, 1.807) is 12.3 Å². The summed E-state index contributed by atoms with van der Waals surface area (Å²) in [5.41, 5.74) is 3.38. The van der Waals surface area contributed by atoms with E-state index in [-0.39, 0.29) is 5.91 Å². The van der Waals surface area contributed by atoms with Gasteiger partial charge in [-0.1, -0.05) is 12.1 Å². The Morgan fingerprint density at radius 1 is 1.12 bits per heavy atom. The van der Waals surface area contributed by atoms with E-state index >= 15 is 0 Å². The molecule has 1 saturated heterocycles. The lowest BCUT2D eigenvalue weighted by molar-refractivity contribution is -0.182.